The van der Waals surface area contributed by atoms with E-state index in [2.05, 4.69) is 27.5 Å². The monoisotopic (exact) mass is 510 g/mol. The Hall–Kier alpha value is -4.42. The van der Waals surface area contributed by atoms with Gasteiger partial charge in [-0.2, -0.15) is 10.4 Å². The first-order valence-corrected chi connectivity index (χ1v) is 12.5. The van der Waals surface area contributed by atoms with Gasteiger partial charge in [-0.1, -0.05) is 12.1 Å². The molecular weight excluding hydrogens is 483 g/mol. The van der Waals surface area contributed by atoms with Crippen LogP contribution in [-0.2, 0) is 0 Å². The number of aromatic nitrogens is 3. The lowest BCUT2D eigenvalue weighted by molar-refractivity contribution is 0.0283. The van der Waals surface area contributed by atoms with Gasteiger partial charge >= 0.3 is 0 Å². The van der Waals surface area contributed by atoms with Gasteiger partial charge in [0.15, 0.2) is 0 Å². The second kappa shape index (κ2) is 8.85. The van der Waals surface area contributed by atoms with Crippen molar-refractivity contribution in [1.82, 2.24) is 19.9 Å². The fourth-order valence-electron chi connectivity index (χ4n) is 5.07. The van der Waals surface area contributed by atoms with Gasteiger partial charge < -0.3 is 20.1 Å². The van der Waals surface area contributed by atoms with E-state index < -0.39 is 5.60 Å². The summed E-state index contributed by atoms with van der Waals surface area (Å²) in [7, 11) is 0. The van der Waals surface area contributed by atoms with Crippen molar-refractivity contribution in [2.75, 3.05) is 24.6 Å². The Labute approximate surface area is 219 Å². The maximum absolute atomic E-state index is 13.6. The molecule has 1 aromatic carbocycles. The van der Waals surface area contributed by atoms with Gasteiger partial charge in [-0.25, -0.2) is 13.9 Å². The number of aliphatic hydroxyl groups is 1. The number of hydrogen-bond acceptors (Lipinski definition) is 7. The summed E-state index contributed by atoms with van der Waals surface area (Å²) in [6.07, 6.45) is 8.15. The minimum absolute atomic E-state index is 0.113. The van der Waals surface area contributed by atoms with Crippen molar-refractivity contribution >= 4 is 17.0 Å². The van der Waals surface area contributed by atoms with Crippen molar-refractivity contribution in [1.29, 1.82) is 5.26 Å². The molecule has 9 heteroatoms. The number of halogens is 1. The molecule has 0 radical (unpaired) electrons. The van der Waals surface area contributed by atoms with Crippen LogP contribution in [0.5, 0.6) is 5.75 Å². The third kappa shape index (κ3) is 4.44. The third-order valence-corrected chi connectivity index (χ3v) is 6.92. The molecule has 1 atom stereocenters. The molecule has 1 spiro atoms. The molecule has 4 aromatic rings. The Morgan fingerprint density at radius 2 is 2.05 bits per heavy atom. The minimum Gasteiger partial charge on any atom is -0.489 e. The standard InChI is InChI=1S/C29H27FN6O2/c1-28(2,37)18-38-23-11-24(27-21(13-31)15-33-36(27)16-23)20-6-7-26(32-14-20)35-9-8-29(17-35)12-25(34-29)19-4-3-5-22(30)10-19/h3-7,10-12,14-16,34,37H,8-9,17-18H2,1-2H3/t29-/m1/s1. The number of pyridine rings is 2. The number of benzene rings is 1. The summed E-state index contributed by atoms with van der Waals surface area (Å²) in [6, 6.07) is 14.6. The van der Waals surface area contributed by atoms with Gasteiger partial charge in [0.1, 0.15) is 30.1 Å². The summed E-state index contributed by atoms with van der Waals surface area (Å²) in [6.45, 7) is 5.08. The van der Waals surface area contributed by atoms with E-state index in [1.54, 1.807) is 42.9 Å². The Kier molecular flexibility index (Phi) is 5.58. The van der Waals surface area contributed by atoms with Gasteiger partial charge in [0.25, 0.3) is 0 Å². The van der Waals surface area contributed by atoms with Gasteiger partial charge in [-0.05, 0) is 56.7 Å². The van der Waals surface area contributed by atoms with Crippen LogP contribution in [-0.4, -0.2) is 50.5 Å². The first-order valence-electron chi connectivity index (χ1n) is 12.5. The zero-order valence-electron chi connectivity index (χ0n) is 21.1. The second-order valence-corrected chi connectivity index (χ2v) is 10.6. The topological polar surface area (TPSA) is 98.7 Å². The quantitative estimate of drug-likeness (QED) is 0.402. The molecule has 2 aliphatic heterocycles. The average Bonchev–Trinajstić information content (AvgIpc) is 3.51. The lowest BCUT2D eigenvalue weighted by atomic mass is 9.87. The zero-order chi connectivity index (χ0) is 26.5. The Morgan fingerprint density at radius 3 is 2.76 bits per heavy atom. The van der Waals surface area contributed by atoms with Crippen molar-refractivity contribution < 1.29 is 14.2 Å². The number of anilines is 1. The van der Waals surface area contributed by atoms with Gasteiger partial charge in [-0.3, -0.25) is 0 Å². The largest absolute Gasteiger partial charge is 0.489 e. The van der Waals surface area contributed by atoms with Crippen molar-refractivity contribution in [3.63, 3.8) is 0 Å². The molecule has 0 unspecified atom stereocenters. The molecule has 0 bridgehead atoms. The fourth-order valence-corrected chi connectivity index (χ4v) is 5.07. The van der Waals surface area contributed by atoms with Crippen molar-refractivity contribution in [3.8, 4) is 22.9 Å². The summed E-state index contributed by atoms with van der Waals surface area (Å²) in [5.74, 6) is 1.15. The van der Waals surface area contributed by atoms with Crippen LogP contribution < -0.4 is 15.0 Å². The molecular formula is C29H27FN6O2. The van der Waals surface area contributed by atoms with Crippen LogP contribution in [0.1, 0.15) is 31.4 Å². The van der Waals surface area contributed by atoms with Crippen LogP contribution in [0.4, 0.5) is 10.2 Å². The van der Waals surface area contributed by atoms with Crippen molar-refractivity contribution in [2.45, 2.75) is 31.4 Å². The fraction of sp³-hybridized carbons (Fsp3) is 0.276. The molecule has 6 rings (SSSR count). The zero-order valence-corrected chi connectivity index (χ0v) is 21.1. The van der Waals surface area contributed by atoms with Gasteiger partial charge in [-0.15, -0.1) is 0 Å². The Morgan fingerprint density at radius 1 is 1.21 bits per heavy atom. The van der Waals surface area contributed by atoms with Crippen LogP contribution in [0.15, 0.2) is 67.1 Å². The highest BCUT2D eigenvalue weighted by molar-refractivity contribution is 5.85. The summed E-state index contributed by atoms with van der Waals surface area (Å²) in [4.78, 5) is 6.98. The molecule has 38 heavy (non-hydrogen) atoms. The highest BCUT2D eigenvalue weighted by Gasteiger charge is 2.43. The van der Waals surface area contributed by atoms with Crippen LogP contribution in [0, 0.1) is 17.1 Å². The Balaban J connectivity index is 1.24. The minimum atomic E-state index is -0.990. The number of nitrogens with one attached hydrogen (secondary N) is 1. The van der Waals surface area contributed by atoms with E-state index in [1.807, 2.05) is 24.3 Å². The van der Waals surface area contributed by atoms with E-state index in [0.717, 1.165) is 47.7 Å². The van der Waals surface area contributed by atoms with Crippen LogP contribution in [0.25, 0.3) is 22.3 Å². The van der Waals surface area contributed by atoms with Crippen LogP contribution in [0.3, 0.4) is 0 Å². The van der Waals surface area contributed by atoms with Gasteiger partial charge in [0.2, 0.25) is 0 Å². The van der Waals surface area contributed by atoms with Gasteiger partial charge in [0.05, 0.1) is 34.6 Å². The highest BCUT2D eigenvalue weighted by Crippen LogP contribution is 2.38. The molecule has 192 valence electrons. The van der Waals surface area contributed by atoms with Gasteiger partial charge in [0, 0.05) is 41.7 Å². The lowest BCUT2D eigenvalue weighted by Gasteiger charge is -2.39. The predicted octanol–water partition coefficient (Wildman–Crippen LogP) is 4.15. The summed E-state index contributed by atoms with van der Waals surface area (Å²) in [5, 5.41) is 27.6. The predicted molar refractivity (Wildman–Crippen MR) is 142 cm³/mol. The molecule has 0 aliphatic carbocycles. The first kappa shape index (κ1) is 23.9. The summed E-state index contributed by atoms with van der Waals surface area (Å²) < 4.78 is 21.0. The molecule has 5 heterocycles. The smallest absolute Gasteiger partial charge is 0.138 e. The highest BCUT2D eigenvalue weighted by atomic mass is 19.1. The first-order chi connectivity index (χ1) is 18.2. The number of fused-ring (bicyclic) bond motifs is 1. The second-order valence-electron chi connectivity index (χ2n) is 10.6. The summed E-state index contributed by atoms with van der Waals surface area (Å²) >= 11 is 0. The molecule has 0 saturated carbocycles. The third-order valence-electron chi connectivity index (χ3n) is 6.92. The SMILES string of the molecule is CC(C)(O)COc1cc(-c2ccc(N3CC[C@@]4(C=C(c5cccc(F)c5)N4)C3)nc2)c2c(C#N)cnn2c1. The molecule has 3 aromatic heterocycles. The number of ether oxygens (including phenoxy) is 1. The van der Waals surface area contributed by atoms with Crippen molar-refractivity contribution in [2.24, 2.45) is 0 Å². The molecule has 1 saturated heterocycles. The van der Waals surface area contributed by atoms with E-state index in [4.69, 9.17) is 9.72 Å². The normalized spacial score (nSPS) is 18.7. The molecule has 0 amide bonds. The van der Waals surface area contributed by atoms with Crippen LogP contribution >= 0.6 is 0 Å². The van der Waals surface area contributed by atoms with Crippen LogP contribution in [0.2, 0.25) is 0 Å². The Bertz CT molecular complexity index is 1600. The van der Waals surface area contributed by atoms with E-state index in [1.165, 1.54) is 12.3 Å². The van der Waals surface area contributed by atoms with Crippen molar-refractivity contribution in [3.05, 3.63) is 84.1 Å². The van der Waals surface area contributed by atoms with E-state index in [0.29, 0.717) is 16.8 Å². The average molecular weight is 511 g/mol. The lowest BCUT2D eigenvalue weighted by Crippen LogP contribution is -2.52. The van der Waals surface area contributed by atoms with E-state index in [9.17, 15) is 14.8 Å². The van der Waals surface area contributed by atoms with E-state index >= 15 is 0 Å². The molecule has 1 fully saturated rings. The maximum atomic E-state index is 13.6. The number of rotatable bonds is 6. The maximum Gasteiger partial charge on any atom is 0.138 e. The number of nitrogens with zero attached hydrogens (tertiary/aromatic N) is 5. The molecule has 2 aliphatic rings. The molecule has 8 nitrogen and oxygen atoms in total. The van der Waals surface area contributed by atoms with E-state index in [-0.39, 0.29) is 18.0 Å². The summed E-state index contributed by atoms with van der Waals surface area (Å²) in [5.41, 5.74) is 3.41. The molecule has 2 N–H and O–H groups in total. The number of hydrogen-bond donors (Lipinski definition) is 2. The number of nitriles is 1.